The smallest absolute Gasteiger partial charge is 0.0861 e. The Bertz CT molecular complexity index is 204. The highest BCUT2D eigenvalue weighted by Gasteiger charge is 2.16. The number of hydroxylamine groups is 1. The Morgan fingerprint density at radius 1 is 1.79 bits per heavy atom. The molecule has 1 atom stereocenters. The molecule has 0 saturated carbocycles. The number of methoxy groups -OCH3 is 1. The third-order valence-electron chi connectivity index (χ3n) is 2.04. The number of nitrogens with one attached hydrogen (secondary N) is 2. The van der Waals surface area contributed by atoms with Gasteiger partial charge in [-0.1, -0.05) is 12.2 Å². The maximum Gasteiger partial charge on any atom is 0.0861 e. The molecule has 0 bridgehead atoms. The summed E-state index contributed by atoms with van der Waals surface area (Å²) in [5.74, 6) is 0. The van der Waals surface area contributed by atoms with E-state index in [1.165, 1.54) is 5.57 Å². The second-order valence-corrected chi connectivity index (χ2v) is 3.14. The van der Waals surface area contributed by atoms with Crippen LogP contribution in [-0.2, 0) is 9.57 Å². The van der Waals surface area contributed by atoms with Crippen LogP contribution in [0.2, 0.25) is 0 Å². The number of hydrogen-bond acceptors (Lipinski definition) is 4. The summed E-state index contributed by atoms with van der Waals surface area (Å²) in [5, 5.41) is 3.25. The van der Waals surface area contributed by atoms with E-state index in [1.54, 1.807) is 13.2 Å². The highest BCUT2D eigenvalue weighted by molar-refractivity contribution is 5.15. The fraction of sp³-hybridized carbons (Fsp3) is 0.600. The van der Waals surface area contributed by atoms with Gasteiger partial charge in [0.25, 0.3) is 0 Å². The molecule has 1 rings (SSSR count). The first-order valence-electron chi connectivity index (χ1n) is 4.75. The molecule has 1 aliphatic heterocycles. The Kier molecular flexibility index (Phi) is 5.47. The predicted molar refractivity (Wildman–Crippen MR) is 55.9 cm³/mol. The molecular formula is C10H18N2O2. The average molecular weight is 198 g/mol. The van der Waals surface area contributed by atoms with E-state index in [9.17, 15) is 0 Å². The zero-order valence-electron chi connectivity index (χ0n) is 8.58. The molecule has 14 heavy (non-hydrogen) atoms. The van der Waals surface area contributed by atoms with Crippen molar-refractivity contribution in [3.8, 4) is 0 Å². The van der Waals surface area contributed by atoms with Crippen molar-refractivity contribution >= 4 is 0 Å². The molecule has 2 N–H and O–H groups in total. The lowest BCUT2D eigenvalue weighted by molar-refractivity contribution is 0.0390. The lowest BCUT2D eigenvalue weighted by atomic mass is 10.1. The van der Waals surface area contributed by atoms with Gasteiger partial charge in [0.2, 0.25) is 0 Å². The highest BCUT2D eigenvalue weighted by atomic mass is 16.6. The molecule has 0 unspecified atom stereocenters. The molecule has 0 aromatic carbocycles. The monoisotopic (exact) mass is 198 g/mol. The predicted octanol–water partition coefficient (Wildman–Crippen LogP) is 0.238. The average Bonchev–Trinajstić information content (AvgIpc) is 2.21. The van der Waals surface area contributed by atoms with Gasteiger partial charge in [0.05, 0.1) is 19.3 Å². The Morgan fingerprint density at radius 3 is 3.36 bits per heavy atom. The van der Waals surface area contributed by atoms with Gasteiger partial charge < -0.3 is 10.1 Å². The molecule has 0 amide bonds. The van der Waals surface area contributed by atoms with Gasteiger partial charge in [-0.3, -0.25) is 4.84 Å². The van der Waals surface area contributed by atoms with E-state index < -0.39 is 0 Å². The maximum atomic E-state index is 5.19. The van der Waals surface area contributed by atoms with Crippen LogP contribution in [-0.4, -0.2) is 39.5 Å². The van der Waals surface area contributed by atoms with E-state index in [1.807, 2.05) is 0 Å². The molecule has 0 saturated heterocycles. The van der Waals surface area contributed by atoms with Crippen molar-refractivity contribution in [1.29, 1.82) is 0 Å². The van der Waals surface area contributed by atoms with Gasteiger partial charge >= 0.3 is 0 Å². The summed E-state index contributed by atoms with van der Waals surface area (Å²) in [6, 6.07) is 0.198. The summed E-state index contributed by atoms with van der Waals surface area (Å²) >= 11 is 0. The first kappa shape index (κ1) is 11.4. The van der Waals surface area contributed by atoms with E-state index >= 15 is 0 Å². The minimum atomic E-state index is 0.198. The Hall–Kier alpha value is -0.680. The van der Waals surface area contributed by atoms with Crippen molar-refractivity contribution in [1.82, 2.24) is 10.8 Å². The van der Waals surface area contributed by atoms with Gasteiger partial charge in [0.1, 0.15) is 0 Å². The van der Waals surface area contributed by atoms with Crippen molar-refractivity contribution in [2.24, 2.45) is 0 Å². The van der Waals surface area contributed by atoms with Gasteiger partial charge in [-0.25, -0.2) is 0 Å². The largest absolute Gasteiger partial charge is 0.380 e. The molecular weight excluding hydrogens is 180 g/mol. The van der Waals surface area contributed by atoms with Crippen LogP contribution in [0.25, 0.3) is 0 Å². The van der Waals surface area contributed by atoms with Crippen LogP contribution >= 0.6 is 0 Å². The second kappa shape index (κ2) is 6.73. The molecule has 0 aliphatic carbocycles. The first-order valence-corrected chi connectivity index (χ1v) is 4.75. The van der Waals surface area contributed by atoms with Gasteiger partial charge in [0, 0.05) is 20.2 Å². The molecule has 0 spiro atoms. The van der Waals surface area contributed by atoms with E-state index in [2.05, 4.69) is 23.5 Å². The van der Waals surface area contributed by atoms with Gasteiger partial charge in [-0.05, 0) is 5.57 Å². The zero-order valence-corrected chi connectivity index (χ0v) is 8.58. The Labute approximate surface area is 84.9 Å². The summed E-state index contributed by atoms with van der Waals surface area (Å²) in [6.07, 6.45) is 3.84. The van der Waals surface area contributed by atoms with Crippen LogP contribution < -0.4 is 10.8 Å². The number of hydrogen-bond donors (Lipinski definition) is 2. The molecule has 0 fully saturated rings. The van der Waals surface area contributed by atoms with Crippen molar-refractivity contribution in [3.05, 3.63) is 24.3 Å². The summed E-state index contributed by atoms with van der Waals surface area (Å²) in [7, 11) is 1.70. The van der Waals surface area contributed by atoms with Gasteiger partial charge in [-0.2, -0.15) is 5.48 Å². The third kappa shape index (κ3) is 3.59. The van der Waals surface area contributed by atoms with E-state index in [-0.39, 0.29) is 6.04 Å². The molecule has 0 aromatic rings. The SMILES string of the molecule is C=CCON[C@H]1CNCC=C1COC. The van der Waals surface area contributed by atoms with Crippen LogP contribution in [0.4, 0.5) is 0 Å². The number of rotatable bonds is 6. The lowest BCUT2D eigenvalue weighted by Gasteiger charge is -2.25. The Morgan fingerprint density at radius 2 is 2.64 bits per heavy atom. The second-order valence-electron chi connectivity index (χ2n) is 3.14. The fourth-order valence-electron chi connectivity index (χ4n) is 1.36. The molecule has 4 nitrogen and oxygen atoms in total. The van der Waals surface area contributed by atoms with Gasteiger partial charge in [0.15, 0.2) is 0 Å². The van der Waals surface area contributed by atoms with Crippen LogP contribution in [0.1, 0.15) is 0 Å². The molecule has 1 heterocycles. The van der Waals surface area contributed by atoms with Crippen molar-refractivity contribution in [2.45, 2.75) is 6.04 Å². The van der Waals surface area contributed by atoms with Crippen LogP contribution in [0, 0.1) is 0 Å². The molecule has 4 heteroatoms. The van der Waals surface area contributed by atoms with Crippen molar-refractivity contribution in [3.63, 3.8) is 0 Å². The quantitative estimate of drug-likeness (QED) is 0.364. The minimum Gasteiger partial charge on any atom is -0.380 e. The van der Waals surface area contributed by atoms with Crippen LogP contribution in [0.15, 0.2) is 24.3 Å². The van der Waals surface area contributed by atoms with Gasteiger partial charge in [-0.15, -0.1) is 6.58 Å². The molecule has 0 radical (unpaired) electrons. The van der Waals surface area contributed by atoms with E-state index in [0.29, 0.717) is 13.2 Å². The first-order chi connectivity index (χ1) is 6.88. The van der Waals surface area contributed by atoms with Crippen molar-refractivity contribution < 1.29 is 9.57 Å². The maximum absolute atomic E-state index is 5.19. The highest BCUT2D eigenvalue weighted by Crippen LogP contribution is 2.05. The van der Waals surface area contributed by atoms with E-state index in [4.69, 9.17) is 9.57 Å². The fourth-order valence-corrected chi connectivity index (χ4v) is 1.36. The lowest BCUT2D eigenvalue weighted by Crippen LogP contribution is -2.44. The zero-order chi connectivity index (χ0) is 10.2. The summed E-state index contributed by atoms with van der Waals surface area (Å²) < 4.78 is 5.11. The molecule has 1 aliphatic rings. The van der Waals surface area contributed by atoms with Crippen molar-refractivity contribution in [2.75, 3.05) is 33.4 Å². The third-order valence-corrected chi connectivity index (χ3v) is 2.04. The summed E-state index contributed by atoms with van der Waals surface area (Å²) in [4.78, 5) is 5.19. The van der Waals surface area contributed by atoms with Crippen LogP contribution in [0.3, 0.4) is 0 Å². The Balaban J connectivity index is 2.35. The van der Waals surface area contributed by atoms with E-state index in [0.717, 1.165) is 13.1 Å². The molecule has 80 valence electrons. The normalized spacial score (nSPS) is 21.8. The topological polar surface area (TPSA) is 42.5 Å². The standard InChI is InChI=1S/C10H18N2O2/c1-3-6-14-12-10-7-11-5-4-9(10)8-13-2/h3-4,10-12H,1,5-8H2,2H3/t10-/m0/s1. The minimum absolute atomic E-state index is 0.198. The van der Waals surface area contributed by atoms with Crippen LogP contribution in [0.5, 0.6) is 0 Å². The summed E-state index contributed by atoms with van der Waals surface area (Å²) in [6.45, 7) is 6.51. The molecule has 0 aromatic heterocycles. The number of ether oxygens (including phenoxy) is 1. The summed E-state index contributed by atoms with van der Waals surface area (Å²) in [5.41, 5.74) is 4.21.